The fourth-order valence-corrected chi connectivity index (χ4v) is 4.68. The van der Waals surface area contributed by atoms with Crippen molar-refractivity contribution in [3.63, 3.8) is 0 Å². The highest BCUT2D eigenvalue weighted by Crippen LogP contribution is 2.19. The fraction of sp³-hybridized carbons (Fsp3) is 0.421. The van der Waals surface area contributed by atoms with Crippen LogP contribution in [0, 0.1) is 11.3 Å². The maximum atomic E-state index is 12.6. The molecule has 0 bridgehead atoms. The molecule has 1 aliphatic rings. The molecule has 2 rings (SSSR count). The van der Waals surface area contributed by atoms with Crippen molar-refractivity contribution < 1.29 is 22.7 Å². The van der Waals surface area contributed by atoms with Crippen LogP contribution in [0.25, 0.3) is 6.08 Å². The predicted molar refractivity (Wildman–Crippen MR) is 100 cm³/mol. The summed E-state index contributed by atoms with van der Waals surface area (Å²) >= 11 is 0. The number of sulfone groups is 1. The summed E-state index contributed by atoms with van der Waals surface area (Å²) in [6.07, 6.45) is 2.14. The van der Waals surface area contributed by atoms with Crippen LogP contribution in [-0.4, -0.2) is 55.4 Å². The average Bonchev–Trinajstić information content (AvgIpc) is 3.00. The van der Waals surface area contributed by atoms with E-state index in [4.69, 9.17) is 10.00 Å². The van der Waals surface area contributed by atoms with Crippen molar-refractivity contribution >= 4 is 27.8 Å². The van der Waals surface area contributed by atoms with Gasteiger partial charge in [0.15, 0.2) is 15.9 Å². The number of benzene rings is 1. The Morgan fingerprint density at radius 1 is 1.37 bits per heavy atom. The molecule has 1 aromatic carbocycles. The van der Waals surface area contributed by atoms with Crippen molar-refractivity contribution in [2.45, 2.75) is 32.4 Å². The van der Waals surface area contributed by atoms with E-state index >= 15 is 0 Å². The van der Waals surface area contributed by atoms with E-state index in [0.717, 1.165) is 5.56 Å². The minimum absolute atomic E-state index is 0.0498. The number of ether oxygens (including phenoxy) is 1. The third-order valence-corrected chi connectivity index (χ3v) is 6.12. The summed E-state index contributed by atoms with van der Waals surface area (Å²) in [5.74, 6) is -1.05. The van der Waals surface area contributed by atoms with E-state index in [1.807, 2.05) is 6.07 Å². The highest BCUT2D eigenvalue weighted by Gasteiger charge is 2.36. The van der Waals surface area contributed by atoms with Gasteiger partial charge < -0.3 is 9.64 Å². The molecule has 2 atom stereocenters. The molecule has 0 unspecified atom stereocenters. The van der Waals surface area contributed by atoms with Gasteiger partial charge in [0.25, 0.3) is 5.91 Å². The number of amides is 1. The molecule has 8 heteroatoms. The van der Waals surface area contributed by atoms with E-state index in [1.165, 1.54) is 24.0 Å². The standard InChI is InChI=1S/C19H22N2O5S/c1-3-21(17-10-11-27(24,25)13-17)19(23)14(2)26-18(22)9-8-15-4-6-16(12-20)7-5-15/h4-9,14,17H,3,10-11,13H2,1-2H3/b9-8+/t14-,17-/m1/s1. The van der Waals surface area contributed by atoms with E-state index < -0.39 is 27.8 Å². The minimum atomic E-state index is -3.11. The quantitative estimate of drug-likeness (QED) is 0.539. The van der Waals surface area contributed by atoms with Gasteiger partial charge in [-0.1, -0.05) is 12.1 Å². The van der Waals surface area contributed by atoms with Gasteiger partial charge in [-0.25, -0.2) is 13.2 Å². The first-order valence-electron chi connectivity index (χ1n) is 8.65. The smallest absolute Gasteiger partial charge is 0.331 e. The number of hydrogen-bond donors (Lipinski definition) is 0. The van der Waals surface area contributed by atoms with E-state index in [2.05, 4.69) is 0 Å². The molecule has 1 fully saturated rings. The zero-order chi connectivity index (χ0) is 20.0. The molecular formula is C19H22N2O5S. The first-order valence-corrected chi connectivity index (χ1v) is 10.5. The van der Waals surface area contributed by atoms with Gasteiger partial charge in [0.05, 0.1) is 23.1 Å². The molecule has 0 aromatic heterocycles. The number of carbonyl (C=O) groups is 2. The van der Waals surface area contributed by atoms with Gasteiger partial charge >= 0.3 is 5.97 Å². The van der Waals surface area contributed by atoms with Gasteiger partial charge in [-0.2, -0.15) is 5.26 Å². The second kappa shape index (κ2) is 8.82. The topological polar surface area (TPSA) is 105 Å². The van der Waals surface area contributed by atoms with Crippen molar-refractivity contribution in [1.29, 1.82) is 5.26 Å². The Morgan fingerprint density at radius 2 is 2.04 bits per heavy atom. The van der Waals surface area contributed by atoms with Crippen LogP contribution in [0.4, 0.5) is 0 Å². The Bertz CT molecular complexity index is 868. The number of hydrogen-bond acceptors (Lipinski definition) is 6. The Hall–Kier alpha value is -2.66. The van der Waals surface area contributed by atoms with Gasteiger partial charge in [0.2, 0.25) is 0 Å². The molecule has 0 N–H and O–H groups in total. The van der Waals surface area contributed by atoms with Crippen LogP contribution in [0.1, 0.15) is 31.4 Å². The lowest BCUT2D eigenvalue weighted by molar-refractivity contribution is -0.156. The fourth-order valence-electron chi connectivity index (χ4n) is 2.95. The monoisotopic (exact) mass is 390 g/mol. The summed E-state index contributed by atoms with van der Waals surface area (Å²) in [5, 5.41) is 8.76. The largest absolute Gasteiger partial charge is 0.449 e. The van der Waals surface area contributed by atoms with Crippen LogP contribution in [0.2, 0.25) is 0 Å². The molecule has 1 aliphatic heterocycles. The molecule has 144 valence electrons. The van der Waals surface area contributed by atoms with Gasteiger partial charge in [0.1, 0.15) is 0 Å². The predicted octanol–water partition coefficient (Wildman–Crippen LogP) is 1.54. The summed E-state index contributed by atoms with van der Waals surface area (Å²) in [6, 6.07) is 8.28. The van der Waals surface area contributed by atoms with Gasteiger partial charge in [-0.05, 0) is 44.0 Å². The maximum Gasteiger partial charge on any atom is 0.331 e. The molecule has 1 saturated heterocycles. The van der Waals surface area contributed by atoms with Crippen LogP contribution >= 0.6 is 0 Å². The average molecular weight is 390 g/mol. The Balaban J connectivity index is 1.94. The molecule has 0 saturated carbocycles. The lowest BCUT2D eigenvalue weighted by Gasteiger charge is -2.29. The number of likely N-dealkylation sites (N-methyl/N-ethyl adjacent to an activating group) is 1. The first-order chi connectivity index (χ1) is 12.8. The summed E-state index contributed by atoms with van der Waals surface area (Å²) < 4.78 is 28.4. The van der Waals surface area contributed by atoms with E-state index in [-0.39, 0.29) is 17.5 Å². The van der Waals surface area contributed by atoms with Gasteiger partial charge in [-0.3, -0.25) is 4.79 Å². The zero-order valence-electron chi connectivity index (χ0n) is 15.3. The second-order valence-corrected chi connectivity index (χ2v) is 8.56. The van der Waals surface area contributed by atoms with E-state index in [9.17, 15) is 18.0 Å². The first kappa shape index (κ1) is 20.6. The van der Waals surface area contributed by atoms with Crippen molar-refractivity contribution in [1.82, 2.24) is 4.90 Å². The molecule has 0 aliphatic carbocycles. The summed E-state index contributed by atoms with van der Waals surface area (Å²) in [6.45, 7) is 3.59. The third-order valence-electron chi connectivity index (χ3n) is 4.37. The molecular weight excluding hydrogens is 368 g/mol. The van der Waals surface area contributed by atoms with Crippen molar-refractivity contribution in [3.05, 3.63) is 41.5 Å². The molecule has 27 heavy (non-hydrogen) atoms. The van der Waals surface area contributed by atoms with Crippen LogP contribution < -0.4 is 0 Å². The highest BCUT2D eigenvalue weighted by molar-refractivity contribution is 7.91. The molecule has 0 radical (unpaired) electrons. The van der Waals surface area contributed by atoms with E-state index in [1.54, 1.807) is 31.2 Å². The number of carbonyl (C=O) groups excluding carboxylic acids is 2. The molecule has 7 nitrogen and oxygen atoms in total. The Labute approximate surface area is 159 Å². The summed E-state index contributed by atoms with van der Waals surface area (Å²) in [5.41, 5.74) is 1.24. The Kier molecular flexibility index (Phi) is 6.75. The number of rotatable bonds is 6. The Morgan fingerprint density at radius 3 is 2.56 bits per heavy atom. The summed E-state index contributed by atoms with van der Waals surface area (Å²) in [4.78, 5) is 26.0. The molecule has 1 amide bonds. The lowest BCUT2D eigenvalue weighted by atomic mass is 10.1. The SMILES string of the molecule is CCN(C(=O)[C@@H](C)OC(=O)/C=C/c1ccc(C#N)cc1)[C@@H]1CCS(=O)(=O)C1. The highest BCUT2D eigenvalue weighted by atomic mass is 32.2. The van der Waals surface area contributed by atoms with Crippen LogP contribution in [-0.2, 0) is 24.2 Å². The summed E-state index contributed by atoms with van der Waals surface area (Å²) in [7, 11) is -3.11. The van der Waals surface area contributed by atoms with Crippen LogP contribution in [0.5, 0.6) is 0 Å². The van der Waals surface area contributed by atoms with Crippen LogP contribution in [0.3, 0.4) is 0 Å². The minimum Gasteiger partial charge on any atom is -0.449 e. The molecule has 1 heterocycles. The molecule has 0 spiro atoms. The lowest BCUT2D eigenvalue weighted by Crippen LogP contribution is -2.46. The zero-order valence-corrected chi connectivity index (χ0v) is 16.1. The normalized spacial score (nSPS) is 19.4. The number of nitriles is 1. The maximum absolute atomic E-state index is 12.6. The van der Waals surface area contributed by atoms with Crippen molar-refractivity contribution in [3.8, 4) is 6.07 Å². The third kappa shape index (κ3) is 5.66. The van der Waals surface area contributed by atoms with Crippen molar-refractivity contribution in [2.75, 3.05) is 18.1 Å². The second-order valence-electron chi connectivity index (χ2n) is 6.33. The van der Waals surface area contributed by atoms with E-state index in [0.29, 0.717) is 18.5 Å². The van der Waals surface area contributed by atoms with Crippen molar-refractivity contribution in [2.24, 2.45) is 0 Å². The number of nitrogens with zero attached hydrogens (tertiary/aromatic N) is 2. The van der Waals surface area contributed by atoms with Gasteiger partial charge in [0, 0.05) is 18.7 Å². The van der Waals surface area contributed by atoms with Gasteiger partial charge in [-0.15, -0.1) is 0 Å². The number of esters is 1. The van der Waals surface area contributed by atoms with Crippen LogP contribution in [0.15, 0.2) is 30.3 Å². The molecule has 1 aromatic rings.